The molecule has 0 radical (unpaired) electrons. The van der Waals surface area contributed by atoms with Gasteiger partial charge in [-0.1, -0.05) is 12.1 Å². The number of amides is 1. The smallest absolute Gasteiger partial charge is 0.545 e. The molecule has 1 unspecified atom stereocenters. The first-order valence-corrected chi connectivity index (χ1v) is 7.42. The molecule has 0 saturated carbocycles. The van der Waals surface area contributed by atoms with Crippen LogP contribution in [0.15, 0.2) is 29.1 Å². The molecule has 2 aromatic rings. The van der Waals surface area contributed by atoms with E-state index in [0.29, 0.717) is 25.2 Å². The van der Waals surface area contributed by atoms with Crippen molar-refractivity contribution in [3.8, 4) is 0 Å². The van der Waals surface area contributed by atoms with E-state index in [1.54, 1.807) is 12.1 Å². The predicted molar refractivity (Wildman–Crippen MR) is 95.1 cm³/mol. The zero-order valence-corrected chi connectivity index (χ0v) is 15.9. The number of H-pyrrole nitrogens is 1. The zero-order chi connectivity index (χ0) is 18.0. The number of benzene rings is 1. The van der Waals surface area contributed by atoms with Crippen molar-refractivity contribution in [1.82, 2.24) is 9.97 Å². The van der Waals surface area contributed by atoms with Crippen molar-refractivity contribution in [2.45, 2.75) is 6.04 Å². The summed E-state index contributed by atoms with van der Waals surface area (Å²) in [7, 11) is 0. The molecule has 1 aliphatic rings. The third-order valence-corrected chi connectivity index (χ3v) is 3.85. The van der Waals surface area contributed by atoms with Gasteiger partial charge in [0.25, 0.3) is 5.56 Å². The Bertz CT molecular complexity index is 869. The number of anilines is 4. The number of carboxylic acid groups (broad SMARTS) is 1. The Kier molecular flexibility index (Phi) is 6.46. The molecule has 130 valence electrons. The van der Waals surface area contributed by atoms with E-state index in [4.69, 9.17) is 5.73 Å². The number of carbonyl (C=O) groups excluding carboxylic acids is 2. The largest absolute Gasteiger partial charge is 2.00 e. The van der Waals surface area contributed by atoms with Crippen molar-refractivity contribution in [2.24, 2.45) is 0 Å². The fourth-order valence-corrected chi connectivity index (χ4v) is 2.61. The van der Waals surface area contributed by atoms with Crippen LogP contribution in [0.25, 0.3) is 0 Å². The van der Waals surface area contributed by atoms with E-state index in [1.165, 1.54) is 17.0 Å². The zero-order valence-electron chi connectivity index (χ0n) is 13.7. The average molecular weight is 383 g/mol. The Morgan fingerprint density at radius 2 is 2.12 bits per heavy atom. The summed E-state index contributed by atoms with van der Waals surface area (Å²) in [5.74, 6) is -1.03. The van der Waals surface area contributed by atoms with Crippen molar-refractivity contribution >= 4 is 73.3 Å². The molecule has 11 heteroatoms. The molecular formula is C15H15CaN6O4+. The number of nitrogen functional groups attached to an aromatic ring is 1. The van der Waals surface area contributed by atoms with E-state index in [2.05, 4.69) is 20.6 Å². The SMILES string of the molecule is Nc1nc2c(c(=O)[nH]1)N(C=O)C(CNc1ccc(C(=O)[O-])cc1)CN2.[Ca+2]. The van der Waals surface area contributed by atoms with E-state index in [9.17, 15) is 19.5 Å². The summed E-state index contributed by atoms with van der Waals surface area (Å²) in [4.78, 5) is 41.9. The normalized spacial score (nSPS) is 15.2. The number of fused-ring (bicyclic) bond motifs is 1. The Hall–Kier alpha value is -2.30. The van der Waals surface area contributed by atoms with Gasteiger partial charge in [0.15, 0.2) is 11.5 Å². The Labute approximate surface area is 177 Å². The van der Waals surface area contributed by atoms with E-state index >= 15 is 0 Å². The molecule has 5 N–H and O–H groups in total. The molecule has 2 heterocycles. The van der Waals surface area contributed by atoms with Crippen molar-refractivity contribution < 1.29 is 14.7 Å². The maximum atomic E-state index is 12.1. The van der Waals surface area contributed by atoms with Crippen LogP contribution in [0, 0.1) is 0 Å². The number of hydrogen-bond donors (Lipinski definition) is 4. The molecule has 3 rings (SSSR count). The quantitative estimate of drug-likeness (QED) is 0.348. The fraction of sp³-hybridized carbons (Fsp3) is 0.200. The molecule has 0 saturated heterocycles. The van der Waals surface area contributed by atoms with Gasteiger partial charge >= 0.3 is 37.7 Å². The van der Waals surface area contributed by atoms with Crippen LogP contribution >= 0.6 is 0 Å². The van der Waals surface area contributed by atoms with Gasteiger partial charge in [-0.3, -0.25) is 14.6 Å². The van der Waals surface area contributed by atoms with Gasteiger partial charge in [-0.2, -0.15) is 4.98 Å². The minimum Gasteiger partial charge on any atom is -0.545 e. The van der Waals surface area contributed by atoms with Gasteiger partial charge in [-0.25, -0.2) is 0 Å². The van der Waals surface area contributed by atoms with Crippen LogP contribution in [0.1, 0.15) is 10.4 Å². The van der Waals surface area contributed by atoms with Gasteiger partial charge in [-0.15, -0.1) is 0 Å². The summed E-state index contributed by atoms with van der Waals surface area (Å²) in [5.41, 5.74) is 5.84. The Morgan fingerprint density at radius 3 is 2.73 bits per heavy atom. The van der Waals surface area contributed by atoms with E-state index in [-0.39, 0.29) is 66.8 Å². The number of nitrogens with two attached hydrogens (primary N) is 1. The van der Waals surface area contributed by atoms with Gasteiger partial charge in [0, 0.05) is 18.8 Å². The number of hydrogen-bond acceptors (Lipinski definition) is 8. The van der Waals surface area contributed by atoms with Gasteiger partial charge in [0.2, 0.25) is 12.4 Å². The number of aromatic nitrogens is 2. The van der Waals surface area contributed by atoms with Crippen LogP contribution in [0.3, 0.4) is 0 Å². The van der Waals surface area contributed by atoms with Crippen molar-refractivity contribution in [2.75, 3.05) is 34.4 Å². The van der Waals surface area contributed by atoms with Crippen LogP contribution in [-0.2, 0) is 4.79 Å². The van der Waals surface area contributed by atoms with Crippen LogP contribution in [-0.4, -0.2) is 79.2 Å². The molecule has 0 spiro atoms. The monoisotopic (exact) mass is 383 g/mol. The number of carbonyl (C=O) groups is 2. The summed E-state index contributed by atoms with van der Waals surface area (Å²) < 4.78 is 0. The molecular weight excluding hydrogens is 368 g/mol. The van der Waals surface area contributed by atoms with Gasteiger partial charge in [0.05, 0.1) is 12.0 Å². The summed E-state index contributed by atoms with van der Waals surface area (Å²) in [6, 6.07) is 5.67. The van der Waals surface area contributed by atoms with Crippen molar-refractivity contribution in [1.29, 1.82) is 0 Å². The van der Waals surface area contributed by atoms with E-state index in [1.807, 2.05) is 0 Å². The first-order chi connectivity index (χ1) is 12.0. The molecule has 1 atom stereocenters. The number of aromatic amines is 1. The molecule has 0 bridgehead atoms. The van der Waals surface area contributed by atoms with Crippen LogP contribution < -0.4 is 31.9 Å². The van der Waals surface area contributed by atoms with E-state index < -0.39 is 11.5 Å². The van der Waals surface area contributed by atoms with Crippen molar-refractivity contribution in [3.05, 3.63) is 40.2 Å². The van der Waals surface area contributed by atoms with Gasteiger partial charge in [0.1, 0.15) is 0 Å². The number of nitrogens with one attached hydrogen (secondary N) is 3. The minimum absolute atomic E-state index is 0. The Morgan fingerprint density at radius 1 is 1.42 bits per heavy atom. The third kappa shape index (κ3) is 4.09. The van der Waals surface area contributed by atoms with Crippen LogP contribution in [0.4, 0.5) is 23.1 Å². The molecule has 0 fully saturated rings. The first-order valence-electron chi connectivity index (χ1n) is 7.42. The first kappa shape index (κ1) is 20.0. The maximum absolute atomic E-state index is 12.1. The molecule has 1 aliphatic heterocycles. The Balaban J connectivity index is 0.00000243. The second-order valence-corrected chi connectivity index (χ2v) is 5.44. The minimum atomic E-state index is -1.25. The number of nitrogens with zero attached hydrogens (tertiary/aromatic N) is 2. The molecule has 1 amide bonds. The van der Waals surface area contributed by atoms with Gasteiger partial charge in [-0.05, 0) is 17.7 Å². The van der Waals surface area contributed by atoms with Gasteiger partial charge < -0.3 is 31.2 Å². The van der Waals surface area contributed by atoms with Crippen LogP contribution in [0.2, 0.25) is 0 Å². The topological polar surface area (TPSA) is 156 Å². The summed E-state index contributed by atoms with van der Waals surface area (Å²) in [6.07, 6.45) is 0.568. The number of aromatic carboxylic acids is 1. The average Bonchev–Trinajstić information content (AvgIpc) is 2.59. The standard InChI is InChI=1S/C15H16N6O4.Ca/c16-15-19-12-11(13(23)20-15)21(7-22)10(6-18-12)5-17-9-3-1-8(2-4-9)14(24)25;/h1-4,7,10,17H,5-6H2,(H,24,25)(H4,16,18,19,20,23);/q;+2/p-1. The molecule has 10 nitrogen and oxygen atoms in total. The summed E-state index contributed by atoms with van der Waals surface area (Å²) in [6.45, 7) is 0.700. The molecule has 1 aromatic heterocycles. The molecule has 0 aliphatic carbocycles. The predicted octanol–water partition coefficient (Wildman–Crippen LogP) is -1.80. The summed E-state index contributed by atoms with van der Waals surface area (Å²) >= 11 is 0. The summed E-state index contributed by atoms with van der Waals surface area (Å²) in [5, 5.41) is 16.8. The second kappa shape index (κ2) is 8.39. The number of carboxylic acids is 1. The fourth-order valence-electron chi connectivity index (χ4n) is 2.61. The maximum Gasteiger partial charge on any atom is 2.00 e. The molecule has 1 aromatic carbocycles. The van der Waals surface area contributed by atoms with Crippen molar-refractivity contribution in [3.63, 3.8) is 0 Å². The van der Waals surface area contributed by atoms with Crippen LogP contribution in [0.5, 0.6) is 0 Å². The molecule has 26 heavy (non-hydrogen) atoms. The number of rotatable bonds is 5. The second-order valence-electron chi connectivity index (χ2n) is 5.44. The van der Waals surface area contributed by atoms with E-state index in [0.717, 1.165) is 0 Å². The third-order valence-electron chi connectivity index (χ3n) is 3.85.